The molecule has 0 radical (unpaired) electrons. The Morgan fingerprint density at radius 2 is 2.00 bits per heavy atom. The first-order chi connectivity index (χ1) is 11.6. The average molecular weight is 328 g/mol. The maximum absolute atomic E-state index is 12.3. The minimum atomic E-state index is -0.207. The molecule has 1 aliphatic heterocycles. The van der Waals surface area contributed by atoms with Crippen molar-refractivity contribution in [2.45, 2.75) is 32.7 Å². The molecule has 1 fully saturated rings. The van der Waals surface area contributed by atoms with E-state index >= 15 is 0 Å². The molecule has 1 aromatic heterocycles. The van der Waals surface area contributed by atoms with Crippen LogP contribution in [0.3, 0.4) is 0 Å². The molecule has 0 unspecified atom stereocenters. The second kappa shape index (κ2) is 7.57. The van der Waals surface area contributed by atoms with E-state index in [0.717, 1.165) is 18.5 Å². The molecular weight excluding hydrogens is 304 g/mol. The van der Waals surface area contributed by atoms with Crippen LogP contribution in [0.5, 0.6) is 0 Å². The summed E-state index contributed by atoms with van der Waals surface area (Å²) in [6, 6.07) is 7.40. The third-order valence-corrected chi connectivity index (χ3v) is 4.49. The Morgan fingerprint density at radius 3 is 2.79 bits per heavy atom. The van der Waals surface area contributed by atoms with Gasteiger partial charge in [-0.3, -0.25) is 14.2 Å². The van der Waals surface area contributed by atoms with Crippen LogP contribution in [0.2, 0.25) is 0 Å². The van der Waals surface area contributed by atoms with Crippen molar-refractivity contribution in [2.24, 2.45) is 0 Å². The Kier molecular flexibility index (Phi) is 5.25. The lowest BCUT2D eigenvalue weighted by Crippen LogP contribution is -2.35. The number of hydrogen-bond donors (Lipinski definition) is 1. The summed E-state index contributed by atoms with van der Waals surface area (Å²) in [5, 5.41) is 2.92. The lowest BCUT2D eigenvalue weighted by Gasteiger charge is -2.15. The number of aromatic nitrogens is 2. The van der Waals surface area contributed by atoms with E-state index in [1.165, 1.54) is 30.5 Å². The first-order valence-electron chi connectivity index (χ1n) is 8.60. The Bertz CT molecular complexity index is 778. The second-order valence-corrected chi connectivity index (χ2v) is 6.33. The highest BCUT2D eigenvalue weighted by Gasteiger charge is 2.12. The van der Waals surface area contributed by atoms with E-state index in [-0.39, 0.29) is 18.0 Å². The molecule has 2 heterocycles. The van der Waals surface area contributed by atoms with E-state index in [0.29, 0.717) is 17.8 Å². The van der Waals surface area contributed by atoms with Crippen LogP contribution in [0.4, 0.5) is 0 Å². The Balaban J connectivity index is 1.60. The summed E-state index contributed by atoms with van der Waals surface area (Å²) < 4.78 is 1.51. The van der Waals surface area contributed by atoms with Crippen LogP contribution < -0.4 is 10.9 Å². The highest BCUT2D eigenvalue weighted by molar-refractivity contribution is 5.80. The molecule has 24 heavy (non-hydrogen) atoms. The fraction of sp³-hybridized carbons (Fsp3) is 0.500. The van der Waals surface area contributed by atoms with Gasteiger partial charge < -0.3 is 10.2 Å². The van der Waals surface area contributed by atoms with Crippen LogP contribution >= 0.6 is 0 Å². The van der Waals surface area contributed by atoms with Crippen LogP contribution in [0, 0.1) is 6.92 Å². The zero-order valence-corrected chi connectivity index (χ0v) is 14.1. The Morgan fingerprint density at radius 1 is 1.25 bits per heavy atom. The van der Waals surface area contributed by atoms with Crippen molar-refractivity contribution in [3.05, 3.63) is 40.3 Å². The molecule has 3 rings (SSSR count). The van der Waals surface area contributed by atoms with E-state index in [4.69, 9.17) is 0 Å². The fourth-order valence-electron chi connectivity index (χ4n) is 3.21. The number of hydrogen-bond acceptors (Lipinski definition) is 4. The third-order valence-electron chi connectivity index (χ3n) is 4.49. The van der Waals surface area contributed by atoms with Gasteiger partial charge in [0.1, 0.15) is 12.2 Å². The first kappa shape index (κ1) is 16.6. The van der Waals surface area contributed by atoms with Crippen LogP contribution in [0.25, 0.3) is 11.0 Å². The quantitative estimate of drug-likeness (QED) is 0.812. The number of benzene rings is 1. The number of fused-ring (bicyclic) bond motifs is 1. The third kappa shape index (κ3) is 3.82. The minimum Gasteiger partial charge on any atom is -0.355 e. The maximum Gasteiger partial charge on any atom is 0.272 e. The summed E-state index contributed by atoms with van der Waals surface area (Å²) in [5.74, 6) is -0.130. The van der Waals surface area contributed by atoms with Gasteiger partial charge in [0.05, 0.1) is 11.0 Å². The molecular formula is C18H24N4O2. The van der Waals surface area contributed by atoms with Crippen molar-refractivity contribution in [3.8, 4) is 0 Å². The van der Waals surface area contributed by atoms with Gasteiger partial charge in [-0.2, -0.15) is 0 Å². The van der Waals surface area contributed by atoms with Crippen molar-refractivity contribution in [2.75, 3.05) is 26.2 Å². The number of nitrogens with one attached hydrogen (secondary N) is 1. The number of rotatable bonds is 6. The molecule has 6 heteroatoms. The van der Waals surface area contributed by atoms with Gasteiger partial charge >= 0.3 is 0 Å². The number of aryl methyl sites for hydroxylation is 1. The summed E-state index contributed by atoms with van der Waals surface area (Å²) in [6.07, 6.45) is 3.50. The summed E-state index contributed by atoms with van der Waals surface area (Å²) in [5.41, 5.74) is 1.63. The van der Waals surface area contributed by atoms with Crippen molar-refractivity contribution in [3.63, 3.8) is 0 Å². The van der Waals surface area contributed by atoms with E-state index < -0.39 is 0 Å². The van der Waals surface area contributed by atoms with Crippen LogP contribution in [-0.2, 0) is 11.3 Å². The summed E-state index contributed by atoms with van der Waals surface area (Å²) in [6.45, 7) is 5.73. The van der Waals surface area contributed by atoms with Gasteiger partial charge in [0, 0.05) is 6.54 Å². The Labute approximate surface area is 141 Å². The highest BCUT2D eigenvalue weighted by Crippen LogP contribution is 2.09. The number of likely N-dealkylation sites (tertiary alicyclic amines) is 1. The molecule has 0 atom stereocenters. The van der Waals surface area contributed by atoms with Crippen LogP contribution in [0.15, 0.2) is 29.1 Å². The average Bonchev–Trinajstić information content (AvgIpc) is 3.09. The van der Waals surface area contributed by atoms with Gasteiger partial charge in [-0.25, -0.2) is 4.98 Å². The van der Waals surface area contributed by atoms with E-state index in [1.54, 1.807) is 6.92 Å². The summed E-state index contributed by atoms with van der Waals surface area (Å²) in [4.78, 5) is 31.3. The van der Waals surface area contributed by atoms with Crippen molar-refractivity contribution >= 4 is 16.9 Å². The number of carbonyl (C=O) groups is 1. The number of amides is 1. The zero-order valence-electron chi connectivity index (χ0n) is 14.1. The number of para-hydroxylation sites is 2. The molecule has 1 N–H and O–H groups in total. The lowest BCUT2D eigenvalue weighted by atomic mass is 10.2. The van der Waals surface area contributed by atoms with Crippen LogP contribution in [0.1, 0.15) is 25.0 Å². The van der Waals surface area contributed by atoms with Gasteiger partial charge in [0.2, 0.25) is 5.91 Å². The molecule has 6 nitrogen and oxygen atoms in total. The molecule has 0 aliphatic carbocycles. The normalized spacial score (nSPS) is 15.0. The van der Waals surface area contributed by atoms with Gasteiger partial charge in [0.25, 0.3) is 5.56 Å². The standard InChI is InChI=1S/C18H24N4O2/c1-14-18(24)22(16-8-3-2-7-15(16)20-14)13-17(23)19-9-6-12-21-10-4-5-11-21/h2-3,7-8H,4-6,9-13H2,1H3,(H,19,23). The first-order valence-corrected chi connectivity index (χ1v) is 8.60. The summed E-state index contributed by atoms with van der Waals surface area (Å²) in [7, 11) is 0. The minimum absolute atomic E-state index is 0.0341. The van der Waals surface area contributed by atoms with Gasteiger partial charge in [-0.05, 0) is 58.0 Å². The van der Waals surface area contributed by atoms with E-state index in [1.807, 2.05) is 24.3 Å². The number of nitrogens with zero attached hydrogens (tertiary/aromatic N) is 3. The van der Waals surface area contributed by atoms with E-state index in [2.05, 4.69) is 15.2 Å². The lowest BCUT2D eigenvalue weighted by molar-refractivity contribution is -0.121. The molecule has 1 aromatic carbocycles. The molecule has 1 aliphatic rings. The SMILES string of the molecule is Cc1nc2ccccc2n(CC(=O)NCCCN2CCCC2)c1=O. The topological polar surface area (TPSA) is 67.2 Å². The molecule has 0 saturated carbocycles. The monoisotopic (exact) mass is 328 g/mol. The van der Waals surface area contributed by atoms with Gasteiger partial charge in [-0.1, -0.05) is 12.1 Å². The second-order valence-electron chi connectivity index (χ2n) is 6.33. The summed E-state index contributed by atoms with van der Waals surface area (Å²) >= 11 is 0. The predicted molar refractivity (Wildman–Crippen MR) is 94.0 cm³/mol. The zero-order chi connectivity index (χ0) is 16.9. The van der Waals surface area contributed by atoms with Crippen molar-refractivity contribution in [1.82, 2.24) is 19.8 Å². The molecule has 0 spiro atoms. The largest absolute Gasteiger partial charge is 0.355 e. The molecule has 0 bridgehead atoms. The van der Waals surface area contributed by atoms with Gasteiger partial charge in [-0.15, -0.1) is 0 Å². The fourth-order valence-corrected chi connectivity index (χ4v) is 3.21. The molecule has 2 aromatic rings. The van der Waals surface area contributed by atoms with Crippen LogP contribution in [-0.4, -0.2) is 46.5 Å². The Hall–Kier alpha value is -2.21. The predicted octanol–water partition coefficient (Wildman–Crippen LogP) is 1.31. The van der Waals surface area contributed by atoms with Crippen molar-refractivity contribution < 1.29 is 4.79 Å². The smallest absolute Gasteiger partial charge is 0.272 e. The highest BCUT2D eigenvalue weighted by atomic mass is 16.2. The van der Waals surface area contributed by atoms with Crippen molar-refractivity contribution in [1.29, 1.82) is 0 Å². The molecule has 1 amide bonds. The molecule has 1 saturated heterocycles. The molecule has 128 valence electrons. The van der Waals surface area contributed by atoms with E-state index in [9.17, 15) is 9.59 Å². The van der Waals surface area contributed by atoms with Gasteiger partial charge in [0.15, 0.2) is 0 Å². The maximum atomic E-state index is 12.3. The number of carbonyl (C=O) groups excluding carboxylic acids is 1.